The number of fused-ring (bicyclic) bond motifs is 2. The Bertz CT molecular complexity index is 1440. The van der Waals surface area contributed by atoms with Gasteiger partial charge in [0, 0.05) is 66.2 Å². The van der Waals surface area contributed by atoms with E-state index >= 15 is 0 Å². The minimum atomic E-state index is -2.89. The van der Waals surface area contributed by atoms with Gasteiger partial charge in [0.15, 0.2) is 0 Å². The Morgan fingerprint density at radius 1 is 1.11 bits per heavy atom. The number of nitrogens with zero attached hydrogens (tertiary/aromatic N) is 4. The zero-order valence-electron chi connectivity index (χ0n) is 20.5. The van der Waals surface area contributed by atoms with Crippen LogP contribution in [0.25, 0.3) is 16.8 Å². The lowest BCUT2D eigenvalue weighted by Gasteiger charge is -2.21. The number of carbonyl (C=O) groups is 1. The molecule has 0 amide bonds. The van der Waals surface area contributed by atoms with E-state index in [1.807, 2.05) is 48.0 Å². The average molecular weight is 508 g/mol. The Morgan fingerprint density at radius 3 is 2.51 bits per heavy atom. The van der Waals surface area contributed by atoms with Crippen LogP contribution in [0.5, 0.6) is 5.75 Å². The number of alkyl halides is 2. The normalized spacial score (nSPS) is 20.1. The fourth-order valence-electron chi connectivity index (χ4n) is 5.44. The summed E-state index contributed by atoms with van der Waals surface area (Å²) in [6, 6.07) is 14.6. The van der Waals surface area contributed by atoms with Crippen LogP contribution in [0.3, 0.4) is 0 Å². The summed E-state index contributed by atoms with van der Waals surface area (Å²) in [5.41, 5.74) is 5.00. The minimum absolute atomic E-state index is 0. The molecular formula is C27H27F2N5O3. The molecule has 4 aromatic rings. The molecule has 0 spiro atoms. The first-order valence-electron chi connectivity index (χ1n) is 11.8. The Balaban J connectivity index is 0.00000280. The summed E-state index contributed by atoms with van der Waals surface area (Å²) < 4.78 is 32.4. The van der Waals surface area contributed by atoms with E-state index in [1.54, 1.807) is 24.3 Å². The van der Waals surface area contributed by atoms with E-state index in [1.165, 1.54) is 0 Å². The number of rotatable bonds is 7. The van der Waals surface area contributed by atoms with Crippen LogP contribution in [0.15, 0.2) is 60.9 Å². The number of quaternary nitrogens is 1. The molecule has 10 heteroatoms. The van der Waals surface area contributed by atoms with E-state index in [0.717, 1.165) is 34.0 Å². The van der Waals surface area contributed by atoms with E-state index in [2.05, 4.69) is 14.9 Å². The summed E-state index contributed by atoms with van der Waals surface area (Å²) in [5.74, 6) is 0.0645. The highest BCUT2D eigenvalue weighted by atomic mass is 19.3. The number of carboxylic acid groups (broad SMARTS) is 1. The molecule has 1 unspecified atom stereocenters. The minimum Gasteiger partial charge on any atom is -0.550 e. The number of imidazole rings is 1. The SMILES string of the molecule is Cc1nc2ccc(-c3ccc(N4C[C@@H]5C(C(=O)[O-])[C@@H]5C4)nc3)cn2c1Cc1ccccc1OC(F)F.[NH4+]. The van der Waals surface area contributed by atoms with E-state index in [9.17, 15) is 18.7 Å². The van der Waals surface area contributed by atoms with Crippen molar-refractivity contribution in [1.29, 1.82) is 0 Å². The van der Waals surface area contributed by atoms with Crippen LogP contribution in [0.2, 0.25) is 0 Å². The van der Waals surface area contributed by atoms with Crippen molar-refractivity contribution in [2.45, 2.75) is 20.0 Å². The monoisotopic (exact) mass is 507 g/mol. The van der Waals surface area contributed by atoms with Gasteiger partial charge in [-0.3, -0.25) is 0 Å². The second-order valence-electron chi connectivity index (χ2n) is 9.44. The second kappa shape index (κ2) is 9.44. The number of hydrogen-bond acceptors (Lipinski definition) is 6. The van der Waals surface area contributed by atoms with Crippen molar-refractivity contribution >= 4 is 17.4 Å². The molecule has 3 atom stereocenters. The first kappa shape index (κ1) is 24.6. The largest absolute Gasteiger partial charge is 0.550 e. The number of piperidine rings is 1. The van der Waals surface area contributed by atoms with Crippen LogP contribution >= 0.6 is 0 Å². The number of pyridine rings is 2. The number of anilines is 1. The van der Waals surface area contributed by atoms with Crippen molar-refractivity contribution < 1.29 is 23.4 Å². The standard InChI is InChI=1S/C27H24F2N4O3.H3N/c1-15-21(10-16-4-2-3-5-22(16)36-27(28)29)33-12-18(7-9-24(33)31-15)17-6-8-23(30-11-17)32-13-19-20(14-32)25(19)26(34)35;/h2-9,11-12,19-20,25,27H,10,13-14H2,1H3,(H,34,35);1H3/t19-,20+,25?;. The van der Waals surface area contributed by atoms with Crippen LogP contribution in [0.4, 0.5) is 14.6 Å². The number of aryl methyl sites for hydroxylation is 1. The van der Waals surface area contributed by atoms with Gasteiger partial charge >= 0.3 is 6.61 Å². The Kier molecular flexibility index (Phi) is 6.28. The van der Waals surface area contributed by atoms with E-state index in [0.29, 0.717) is 25.1 Å². The van der Waals surface area contributed by atoms with Crippen LogP contribution in [0.1, 0.15) is 17.0 Å². The maximum atomic E-state index is 12.9. The van der Waals surface area contributed by atoms with Gasteiger partial charge in [0.2, 0.25) is 0 Å². The zero-order chi connectivity index (χ0) is 25.0. The smallest absolute Gasteiger partial charge is 0.387 e. The molecule has 8 nitrogen and oxygen atoms in total. The summed E-state index contributed by atoms with van der Waals surface area (Å²) in [5, 5.41) is 11.1. The number of ether oxygens (including phenoxy) is 1. The van der Waals surface area contributed by atoms with Gasteiger partial charge in [-0.05, 0) is 49.1 Å². The number of para-hydroxylation sites is 1. The van der Waals surface area contributed by atoms with Crippen LogP contribution < -0.4 is 20.9 Å². The molecule has 2 fully saturated rings. The average Bonchev–Trinajstić information content (AvgIpc) is 3.21. The van der Waals surface area contributed by atoms with Gasteiger partial charge in [-0.1, -0.05) is 18.2 Å². The van der Waals surface area contributed by atoms with Gasteiger partial charge in [-0.15, -0.1) is 0 Å². The Morgan fingerprint density at radius 2 is 1.84 bits per heavy atom. The van der Waals surface area contributed by atoms with Crippen molar-refractivity contribution in [1.82, 2.24) is 20.5 Å². The summed E-state index contributed by atoms with van der Waals surface area (Å²) >= 11 is 0. The molecular weight excluding hydrogens is 480 g/mol. The molecule has 1 aromatic carbocycles. The summed E-state index contributed by atoms with van der Waals surface area (Å²) in [6.07, 6.45) is 4.18. The van der Waals surface area contributed by atoms with Gasteiger partial charge in [-0.25, -0.2) is 9.97 Å². The van der Waals surface area contributed by atoms with Gasteiger partial charge in [-0.2, -0.15) is 8.78 Å². The van der Waals surface area contributed by atoms with Crippen LogP contribution in [-0.4, -0.2) is 40.0 Å². The number of hydrogen-bond donors (Lipinski definition) is 1. The van der Waals surface area contributed by atoms with Crippen LogP contribution in [0, 0.1) is 24.7 Å². The predicted octanol–water partition coefficient (Wildman–Crippen LogP) is 3.71. The molecule has 4 heterocycles. The summed E-state index contributed by atoms with van der Waals surface area (Å²) in [6.45, 7) is 0.394. The van der Waals surface area contributed by atoms with Gasteiger partial charge in [0.25, 0.3) is 0 Å². The van der Waals surface area contributed by atoms with Crippen molar-refractivity contribution in [3.05, 3.63) is 77.9 Å². The first-order valence-corrected chi connectivity index (χ1v) is 11.8. The molecule has 3 aromatic heterocycles. The lowest BCUT2D eigenvalue weighted by atomic mass is 10.1. The van der Waals surface area contributed by atoms with E-state index in [4.69, 9.17) is 4.74 Å². The van der Waals surface area contributed by atoms with Gasteiger partial charge in [0.1, 0.15) is 17.2 Å². The lowest BCUT2D eigenvalue weighted by molar-refractivity contribution is -0.308. The first-order chi connectivity index (χ1) is 17.4. The lowest BCUT2D eigenvalue weighted by Crippen LogP contribution is -2.32. The molecule has 0 bridgehead atoms. The molecule has 1 saturated carbocycles. The highest BCUT2D eigenvalue weighted by Gasteiger charge is 2.56. The van der Waals surface area contributed by atoms with Crippen molar-refractivity contribution in [3.8, 4) is 16.9 Å². The highest BCUT2D eigenvalue weighted by molar-refractivity contribution is 5.73. The second-order valence-corrected chi connectivity index (χ2v) is 9.44. The molecule has 37 heavy (non-hydrogen) atoms. The number of aliphatic carboxylic acids is 1. The van der Waals surface area contributed by atoms with Crippen LogP contribution in [-0.2, 0) is 11.2 Å². The molecule has 1 saturated heterocycles. The third-order valence-corrected chi connectivity index (χ3v) is 7.34. The fourth-order valence-corrected chi connectivity index (χ4v) is 5.44. The fraction of sp³-hybridized carbons (Fsp3) is 0.296. The highest BCUT2D eigenvalue weighted by Crippen LogP contribution is 2.52. The predicted molar refractivity (Wildman–Crippen MR) is 133 cm³/mol. The molecule has 2 aliphatic rings. The van der Waals surface area contributed by atoms with E-state index in [-0.39, 0.29) is 29.7 Å². The molecule has 0 radical (unpaired) electrons. The van der Waals surface area contributed by atoms with Gasteiger partial charge < -0.3 is 30.1 Å². The third-order valence-electron chi connectivity index (χ3n) is 7.34. The number of carbonyl (C=O) groups excluding carboxylic acids is 1. The molecule has 6 rings (SSSR count). The molecule has 4 N–H and O–H groups in total. The summed E-state index contributed by atoms with van der Waals surface area (Å²) in [7, 11) is 0. The third kappa shape index (κ3) is 4.48. The molecule has 1 aliphatic carbocycles. The van der Waals surface area contributed by atoms with Gasteiger partial charge in [0.05, 0.1) is 5.69 Å². The molecule has 192 valence electrons. The Hall–Kier alpha value is -4.05. The number of carboxylic acids is 1. The summed E-state index contributed by atoms with van der Waals surface area (Å²) in [4.78, 5) is 22.5. The number of halogens is 2. The maximum Gasteiger partial charge on any atom is 0.387 e. The van der Waals surface area contributed by atoms with E-state index < -0.39 is 12.6 Å². The molecule has 1 aliphatic heterocycles. The van der Waals surface area contributed by atoms with Crippen molar-refractivity contribution in [3.63, 3.8) is 0 Å². The Labute approximate surface area is 212 Å². The number of aromatic nitrogens is 3. The van der Waals surface area contributed by atoms with Crippen molar-refractivity contribution in [2.24, 2.45) is 17.8 Å². The topological polar surface area (TPSA) is 119 Å². The number of benzene rings is 1. The van der Waals surface area contributed by atoms with Crippen molar-refractivity contribution in [2.75, 3.05) is 18.0 Å². The quantitative estimate of drug-likeness (QED) is 0.407. The zero-order valence-corrected chi connectivity index (χ0v) is 20.5. The maximum absolute atomic E-state index is 12.9.